The number of aliphatic hydroxyl groups is 1. The summed E-state index contributed by atoms with van der Waals surface area (Å²) in [5.41, 5.74) is 4.41. The van der Waals surface area contributed by atoms with Gasteiger partial charge in [-0.2, -0.15) is 5.10 Å². The zero-order valence-electron chi connectivity index (χ0n) is 7.27. The molecule has 1 aromatic rings. The predicted octanol–water partition coefficient (Wildman–Crippen LogP) is 1.15. The molecule has 0 aromatic heterocycles. The largest absolute Gasteiger partial charge is 1.00 e. The minimum atomic E-state index is -0.656. The van der Waals surface area contributed by atoms with E-state index in [1.165, 1.54) is 0 Å². The van der Waals surface area contributed by atoms with E-state index in [4.69, 9.17) is 0 Å². The van der Waals surface area contributed by atoms with Crippen LogP contribution in [0.1, 0.15) is 18.8 Å². The summed E-state index contributed by atoms with van der Waals surface area (Å²) in [6, 6.07) is 7.60. The summed E-state index contributed by atoms with van der Waals surface area (Å²) in [4.78, 5) is 0. The minimum Gasteiger partial charge on any atom is -0.368 e. The quantitative estimate of drug-likeness (QED) is 0.637. The molecule has 1 aliphatic rings. The van der Waals surface area contributed by atoms with Gasteiger partial charge in [-0.05, 0) is 0 Å². The Bertz CT molecular complexity index is 306. The van der Waals surface area contributed by atoms with Crippen LogP contribution in [0, 0.1) is 0 Å². The highest BCUT2D eigenvalue weighted by atomic mass is 35.5. The van der Waals surface area contributed by atoms with E-state index in [0.717, 1.165) is 11.1 Å². The summed E-state index contributed by atoms with van der Waals surface area (Å²) in [5.74, 6) is 0. The molecule has 1 aliphatic heterocycles. The van der Waals surface area contributed by atoms with Crippen LogP contribution in [0.4, 0.5) is 0 Å². The van der Waals surface area contributed by atoms with E-state index >= 15 is 0 Å². The molecular weight excluding hydrogens is 176 g/mol. The third kappa shape index (κ3) is 1.42. The average molecular weight is 186 g/mol. The van der Waals surface area contributed by atoms with Crippen molar-refractivity contribution in [2.24, 2.45) is 5.10 Å². The maximum absolute atomic E-state index is 9.34. The van der Waals surface area contributed by atoms with Gasteiger partial charge >= 0.3 is 1.43 Å². The number of hydrogen-bond donors (Lipinski definition) is 2. The van der Waals surface area contributed by atoms with Gasteiger partial charge in [-0.25, -0.2) is 0 Å². The van der Waals surface area contributed by atoms with Gasteiger partial charge < -0.3 is 5.11 Å². The summed E-state index contributed by atoms with van der Waals surface area (Å²) in [6.45, 7) is 0. The lowest BCUT2D eigenvalue weighted by Gasteiger charge is -2.16. The van der Waals surface area contributed by atoms with Crippen molar-refractivity contribution >= 4 is 18.6 Å². The molecule has 0 saturated heterocycles. The second-order valence-corrected chi connectivity index (χ2v) is 2.42. The van der Waals surface area contributed by atoms with Crippen molar-refractivity contribution < 1.29 is 6.53 Å². The Morgan fingerprint density at radius 1 is 1.42 bits per heavy atom. The van der Waals surface area contributed by atoms with Crippen LogP contribution < -0.4 is 5.43 Å². The third-order valence-electron chi connectivity index (χ3n) is 1.69. The van der Waals surface area contributed by atoms with Gasteiger partial charge in [0.15, 0.2) is 6.23 Å². The summed E-state index contributed by atoms with van der Waals surface area (Å²) < 4.78 is 0. The molecule has 2 N–H and O–H groups in total. The number of aliphatic hydroxyl groups excluding tert-OH is 1. The first-order valence-corrected chi connectivity index (χ1v) is 3.43. The molecule has 64 valence electrons. The number of rotatable bonds is 0. The van der Waals surface area contributed by atoms with Crippen molar-refractivity contribution in [3.63, 3.8) is 0 Å². The molecule has 1 heterocycles. The Balaban J connectivity index is 0.000000720. The standard InChI is InChI=1S/C8H8N2O.ClH/c11-8-7-4-2-1-3-6(7)5-9-10-8;/h1-5,8,10-11H;1H/p+1. The lowest BCUT2D eigenvalue weighted by Crippen LogP contribution is -2.20. The van der Waals surface area contributed by atoms with Crippen LogP contribution in [0.25, 0.3) is 0 Å². The zero-order chi connectivity index (χ0) is 7.68. The van der Waals surface area contributed by atoms with Gasteiger partial charge in [-0.3, -0.25) is 5.43 Å². The molecule has 0 spiro atoms. The molecule has 0 bridgehead atoms. The summed E-state index contributed by atoms with van der Waals surface area (Å²) in [6.07, 6.45) is 1.04. The normalized spacial score (nSPS) is 18.9. The van der Waals surface area contributed by atoms with Crippen LogP contribution in [0.3, 0.4) is 0 Å². The number of halogens is 1. The van der Waals surface area contributed by atoms with Crippen LogP contribution in [0.2, 0.25) is 0 Å². The Labute approximate surface area is 78.0 Å². The average Bonchev–Trinajstić information content (AvgIpc) is 2.06. The summed E-state index contributed by atoms with van der Waals surface area (Å²) in [7, 11) is 0. The van der Waals surface area contributed by atoms with Gasteiger partial charge in [0.1, 0.15) is 0 Å². The molecule has 0 aliphatic carbocycles. The minimum absolute atomic E-state index is 0. The molecule has 0 radical (unpaired) electrons. The van der Waals surface area contributed by atoms with Gasteiger partial charge in [0, 0.05) is 11.1 Å². The third-order valence-corrected chi connectivity index (χ3v) is 1.69. The first-order valence-electron chi connectivity index (χ1n) is 3.43. The van der Waals surface area contributed by atoms with Crippen molar-refractivity contribution in [3.05, 3.63) is 35.4 Å². The smallest absolute Gasteiger partial charge is 0.368 e. The molecule has 12 heavy (non-hydrogen) atoms. The van der Waals surface area contributed by atoms with Crippen LogP contribution in [-0.2, 0) is 0 Å². The number of hydrazone groups is 1. The predicted molar refractivity (Wildman–Crippen MR) is 50.5 cm³/mol. The van der Waals surface area contributed by atoms with Crippen LogP contribution >= 0.6 is 12.4 Å². The molecule has 0 fully saturated rings. The Morgan fingerprint density at radius 3 is 2.92 bits per heavy atom. The van der Waals surface area contributed by atoms with Gasteiger partial charge in [0.2, 0.25) is 0 Å². The fourth-order valence-corrected chi connectivity index (χ4v) is 1.12. The molecule has 2 rings (SSSR count). The molecule has 4 heteroatoms. The molecule has 0 amide bonds. The molecular formula is C8H10ClN2O+. The number of benzene rings is 1. The van der Waals surface area contributed by atoms with E-state index in [1.807, 2.05) is 24.3 Å². The number of nitrogens with one attached hydrogen (secondary N) is 1. The molecule has 3 nitrogen and oxygen atoms in total. The van der Waals surface area contributed by atoms with Gasteiger partial charge in [0.25, 0.3) is 0 Å². The first kappa shape index (κ1) is 9.03. The lowest BCUT2D eigenvalue weighted by atomic mass is 10.1. The highest BCUT2D eigenvalue weighted by Gasteiger charge is 2.12. The van der Waals surface area contributed by atoms with E-state index < -0.39 is 6.23 Å². The van der Waals surface area contributed by atoms with E-state index in [-0.39, 0.29) is 13.8 Å². The molecule has 0 saturated carbocycles. The van der Waals surface area contributed by atoms with E-state index in [1.54, 1.807) is 6.21 Å². The Kier molecular flexibility index (Phi) is 2.68. The molecule has 1 aromatic carbocycles. The monoisotopic (exact) mass is 185 g/mol. The van der Waals surface area contributed by atoms with E-state index in [0.29, 0.717) is 0 Å². The summed E-state index contributed by atoms with van der Waals surface area (Å²) >= 11 is 0. The highest BCUT2D eigenvalue weighted by molar-refractivity contribution is 5.85. The maximum Gasteiger partial charge on any atom is 1.00 e. The fraction of sp³-hybridized carbons (Fsp3) is 0.125. The van der Waals surface area contributed by atoms with Crippen LogP contribution in [-0.4, -0.2) is 11.3 Å². The highest BCUT2D eigenvalue weighted by Crippen LogP contribution is 2.16. The van der Waals surface area contributed by atoms with Crippen molar-refractivity contribution in [2.45, 2.75) is 6.23 Å². The second kappa shape index (κ2) is 3.56. The Morgan fingerprint density at radius 2 is 2.17 bits per heavy atom. The topological polar surface area (TPSA) is 44.6 Å². The van der Waals surface area contributed by atoms with Crippen molar-refractivity contribution in [2.75, 3.05) is 0 Å². The van der Waals surface area contributed by atoms with Gasteiger partial charge in [0.05, 0.1) is 6.21 Å². The van der Waals surface area contributed by atoms with Crippen molar-refractivity contribution in [1.82, 2.24) is 5.43 Å². The van der Waals surface area contributed by atoms with Gasteiger partial charge in [-0.15, -0.1) is 12.4 Å². The van der Waals surface area contributed by atoms with E-state index in [9.17, 15) is 5.11 Å². The fourth-order valence-electron chi connectivity index (χ4n) is 1.12. The molecule has 1 unspecified atom stereocenters. The first-order chi connectivity index (χ1) is 5.38. The number of fused-ring (bicyclic) bond motifs is 1. The van der Waals surface area contributed by atoms with Crippen LogP contribution in [0.5, 0.6) is 0 Å². The SMILES string of the molecule is Cl.OC1NN=Cc2ccccc21.[H+]. The van der Waals surface area contributed by atoms with Crippen molar-refractivity contribution in [1.29, 1.82) is 0 Å². The van der Waals surface area contributed by atoms with Crippen LogP contribution in [0.15, 0.2) is 29.4 Å². The van der Waals surface area contributed by atoms with Crippen molar-refractivity contribution in [3.8, 4) is 0 Å². The lowest BCUT2D eigenvalue weighted by molar-refractivity contribution is 0.139. The summed E-state index contributed by atoms with van der Waals surface area (Å²) in [5, 5.41) is 13.1. The van der Waals surface area contributed by atoms with E-state index in [2.05, 4.69) is 10.5 Å². The molecule has 1 atom stereocenters. The maximum atomic E-state index is 9.34. The zero-order valence-corrected chi connectivity index (χ0v) is 7.08. The van der Waals surface area contributed by atoms with Gasteiger partial charge in [-0.1, -0.05) is 24.3 Å². The number of hydrogen-bond acceptors (Lipinski definition) is 3. The number of nitrogens with zero attached hydrogens (tertiary/aromatic N) is 1. The Hall–Kier alpha value is -1.06. The second-order valence-electron chi connectivity index (χ2n) is 2.42.